The van der Waals surface area contributed by atoms with Crippen molar-refractivity contribution in [3.05, 3.63) is 109 Å². The number of imidazole rings is 1. The summed E-state index contributed by atoms with van der Waals surface area (Å²) < 4.78 is 29.0. The van der Waals surface area contributed by atoms with Crippen molar-refractivity contribution < 1.29 is 8.42 Å². The molecule has 0 N–H and O–H groups in total. The van der Waals surface area contributed by atoms with E-state index in [1.54, 1.807) is 29.5 Å². The lowest BCUT2D eigenvalue weighted by Crippen LogP contribution is -2.15. The van der Waals surface area contributed by atoms with Crippen molar-refractivity contribution in [2.75, 3.05) is 0 Å². The van der Waals surface area contributed by atoms with Crippen molar-refractivity contribution in [1.82, 2.24) is 9.55 Å². The first-order valence-electron chi connectivity index (χ1n) is 12.2. The summed E-state index contributed by atoms with van der Waals surface area (Å²) in [5, 5.41) is 0. The van der Waals surface area contributed by atoms with Crippen LogP contribution in [0.5, 0.6) is 0 Å². The van der Waals surface area contributed by atoms with Gasteiger partial charge in [-0.15, -0.1) is 11.3 Å². The first-order valence-corrected chi connectivity index (χ1v) is 14.5. The number of hydrogen-bond acceptors (Lipinski definition) is 4. The second-order valence-corrected chi connectivity index (χ2v) is 12.1. The molecule has 4 nitrogen and oxygen atoms in total. The molecule has 0 fully saturated rings. The highest BCUT2D eigenvalue weighted by Crippen LogP contribution is 2.41. The van der Waals surface area contributed by atoms with E-state index in [2.05, 4.69) is 60.7 Å². The van der Waals surface area contributed by atoms with Crippen molar-refractivity contribution in [3.8, 4) is 37.7 Å². The Morgan fingerprint density at radius 2 is 1.38 bits per heavy atom. The molecule has 0 spiro atoms. The van der Waals surface area contributed by atoms with Gasteiger partial charge in [-0.05, 0) is 58.7 Å². The third-order valence-corrected chi connectivity index (χ3v) is 9.99. The Bertz CT molecular complexity index is 1920. The number of benzene rings is 4. The molecule has 4 aromatic carbocycles. The fourth-order valence-electron chi connectivity index (χ4n) is 5.15. The van der Waals surface area contributed by atoms with Gasteiger partial charge < -0.3 is 0 Å². The van der Waals surface area contributed by atoms with Crippen LogP contribution in [0.1, 0.15) is 12.7 Å². The van der Waals surface area contributed by atoms with Crippen molar-refractivity contribution in [3.63, 3.8) is 0 Å². The lowest BCUT2D eigenvalue weighted by molar-refractivity contribution is 0.594. The number of para-hydroxylation sites is 1. The maximum absolute atomic E-state index is 13.5. The van der Waals surface area contributed by atoms with Crippen molar-refractivity contribution in [2.45, 2.75) is 23.1 Å². The fourth-order valence-corrected chi connectivity index (χ4v) is 7.79. The predicted molar refractivity (Wildman–Crippen MR) is 150 cm³/mol. The number of fused-ring (bicyclic) bond motifs is 2. The van der Waals surface area contributed by atoms with E-state index in [1.807, 2.05) is 35.8 Å². The first kappa shape index (κ1) is 22.2. The van der Waals surface area contributed by atoms with Crippen LogP contribution >= 0.6 is 11.3 Å². The number of aryl methyl sites for hydroxylation is 1. The molecule has 0 amide bonds. The molecule has 1 aliphatic rings. The molecule has 7 rings (SSSR count). The molecular weight excluding hydrogens is 496 g/mol. The molecule has 0 atom stereocenters. The second-order valence-electron chi connectivity index (χ2n) is 9.13. The Morgan fingerprint density at radius 3 is 2.11 bits per heavy atom. The highest BCUT2D eigenvalue weighted by Gasteiger charge is 2.33. The van der Waals surface area contributed by atoms with E-state index < -0.39 is 9.84 Å². The molecule has 0 aliphatic carbocycles. The van der Waals surface area contributed by atoms with Gasteiger partial charge in [-0.2, -0.15) is 0 Å². The Kier molecular flexibility index (Phi) is 4.96. The van der Waals surface area contributed by atoms with Crippen LogP contribution in [0, 0.1) is 0 Å². The largest absolute Gasteiger partial charge is 0.294 e. The summed E-state index contributed by atoms with van der Waals surface area (Å²) >= 11 is 1.78. The minimum Gasteiger partial charge on any atom is -0.294 e. The van der Waals surface area contributed by atoms with E-state index >= 15 is 0 Å². The van der Waals surface area contributed by atoms with E-state index in [9.17, 15) is 8.42 Å². The molecule has 6 aromatic rings. The normalized spacial score (nSPS) is 13.5. The summed E-state index contributed by atoms with van der Waals surface area (Å²) in [5.41, 5.74) is 6.45. The molecular formula is C31H22N2O2S2. The summed E-state index contributed by atoms with van der Waals surface area (Å²) in [6.07, 6.45) is 0.707. The van der Waals surface area contributed by atoms with Gasteiger partial charge in [0.05, 0.1) is 26.5 Å². The number of rotatable bonds is 4. The lowest BCUT2D eigenvalue weighted by atomic mass is 10.0. The minimum absolute atomic E-state index is 0.326. The maximum atomic E-state index is 13.5. The molecule has 0 saturated carbocycles. The van der Waals surface area contributed by atoms with Gasteiger partial charge in [-0.25, -0.2) is 13.4 Å². The van der Waals surface area contributed by atoms with Crippen molar-refractivity contribution in [1.29, 1.82) is 0 Å². The predicted octanol–water partition coefficient (Wildman–Crippen LogP) is 7.80. The van der Waals surface area contributed by atoms with Crippen LogP contribution in [0.15, 0.2) is 113 Å². The summed E-state index contributed by atoms with van der Waals surface area (Å²) in [5.74, 6) is 0.859. The van der Waals surface area contributed by atoms with E-state index in [0.29, 0.717) is 32.9 Å². The Hall–Kier alpha value is -4.00. The quantitative estimate of drug-likeness (QED) is 0.239. The van der Waals surface area contributed by atoms with Crippen molar-refractivity contribution in [2.24, 2.45) is 0 Å². The summed E-state index contributed by atoms with van der Waals surface area (Å²) in [4.78, 5) is 7.85. The third-order valence-electron chi connectivity index (χ3n) is 6.97. The van der Waals surface area contributed by atoms with Crippen LogP contribution in [-0.4, -0.2) is 18.0 Å². The molecule has 180 valence electrons. The summed E-state index contributed by atoms with van der Waals surface area (Å²) in [6.45, 7) is 2.05. The van der Waals surface area contributed by atoms with Gasteiger partial charge in [0.1, 0.15) is 5.82 Å². The van der Waals surface area contributed by atoms with Gasteiger partial charge in [0.2, 0.25) is 9.84 Å². The van der Waals surface area contributed by atoms with Crippen LogP contribution in [0.2, 0.25) is 0 Å². The molecule has 3 heterocycles. The second kappa shape index (κ2) is 8.26. The highest BCUT2D eigenvalue weighted by molar-refractivity contribution is 7.92. The molecule has 2 aromatic heterocycles. The lowest BCUT2D eigenvalue weighted by Gasteiger charge is -2.21. The van der Waals surface area contributed by atoms with E-state index in [0.717, 1.165) is 22.5 Å². The first-order chi connectivity index (χ1) is 18.0. The topological polar surface area (TPSA) is 52.0 Å². The van der Waals surface area contributed by atoms with Crippen LogP contribution in [-0.2, 0) is 16.3 Å². The van der Waals surface area contributed by atoms with Crippen LogP contribution in [0.25, 0.3) is 48.7 Å². The zero-order valence-electron chi connectivity index (χ0n) is 20.0. The van der Waals surface area contributed by atoms with Crippen molar-refractivity contribution >= 4 is 32.2 Å². The number of aromatic nitrogens is 2. The van der Waals surface area contributed by atoms with Crippen LogP contribution in [0.3, 0.4) is 0 Å². The van der Waals surface area contributed by atoms with Gasteiger partial charge >= 0.3 is 0 Å². The smallest absolute Gasteiger partial charge is 0.210 e. The van der Waals surface area contributed by atoms with Gasteiger partial charge in [-0.3, -0.25) is 4.57 Å². The Balaban J connectivity index is 1.30. The number of hydrogen-bond donors (Lipinski definition) is 0. The third kappa shape index (κ3) is 3.40. The van der Waals surface area contributed by atoms with Gasteiger partial charge in [-0.1, -0.05) is 73.7 Å². The summed E-state index contributed by atoms with van der Waals surface area (Å²) in [6, 6.07) is 34.2. The molecule has 0 radical (unpaired) electrons. The van der Waals surface area contributed by atoms with Crippen LogP contribution < -0.4 is 0 Å². The van der Waals surface area contributed by atoms with E-state index in [-0.39, 0.29) is 0 Å². The number of sulfone groups is 1. The Labute approximate surface area is 219 Å². The maximum Gasteiger partial charge on any atom is 0.210 e. The molecule has 0 bridgehead atoms. The molecule has 37 heavy (non-hydrogen) atoms. The average Bonchev–Trinajstić information content (AvgIpc) is 3.58. The Morgan fingerprint density at radius 1 is 0.703 bits per heavy atom. The SMILES string of the molecule is CCc1nc2cccc3c2n1-c1cc(-c2ccc(-c4ccc(-c5ccccc5)s4)cc2)ccc1S3(=O)=O. The molecule has 6 heteroatoms. The van der Waals surface area contributed by atoms with E-state index in [4.69, 9.17) is 4.98 Å². The molecule has 0 unspecified atom stereocenters. The van der Waals surface area contributed by atoms with Gasteiger partial charge in [0, 0.05) is 16.2 Å². The van der Waals surface area contributed by atoms with E-state index in [1.165, 1.54) is 15.3 Å². The van der Waals surface area contributed by atoms with Crippen LogP contribution in [0.4, 0.5) is 0 Å². The number of nitrogens with zero attached hydrogens (tertiary/aromatic N) is 2. The monoisotopic (exact) mass is 518 g/mol. The highest BCUT2D eigenvalue weighted by atomic mass is 32.2. The zero-order chi connectivity index (χ0) is 25.1. The average molecular weight is 519 g/mol. The fraction of sp³-hybridized carbons (Fsp3) is 0.0645. The molecule has 1 aliphatic heterocycles. The summed E-state index contributed by atoms with van der Waals surface area (Å²) in [7, 11) is -3.62. The number of thiophene rings is 1. The van der Waals surface area contributed by atoms with Gasteiger partial charge in [0.15, 0.2) is 0 Å². The molecule has 0 saturated heterocycles. The van der Waals surface area contributed by atoms with Gasteiger partial charge in [0.25, 0.3) is 0 Å². The minimum atomic E-state index is -3.62. The standard InChI is InChI=1S/C31H22N2O2S2/c1-2-30-32-24-9-6-10-29-31(24)33(30)25-19-23(15-18-28(25)37(29,34)35)20-11-13-22(14-12-20)27-17-16-26(36-27)21-7-4-3-5-8-21/h3-19H,2H2,1H3. The zero-order valence-corrected chi connectivity index (χ0v) is 21.7.